The van der Waals surface area contributed by atoms with Crippen LogP contribution in [0.25, 0.3) is 0 Å². The van der Waals surface area contributed by atoms with Crippen molar-refractivity contribution in [1.29, 1.82) is 0 Å². The molecule has 1 amide bonds. The molecule has 9 nitrogen and oxygen atoms in total. The number of nitrogens with zero attached hydrogens (tertiary/aromatic N) is 3. The highest BCUT2D eigenvalue weighted by atomic mass is 16.5. The monoisotopic (exact) mass is 271 g/mol. The molecule has 0 aromatic carbocycles. The first kappa shape index (κ1) is 15.0. The third kappa shape index (κ3) is 4.62. The second kappa shape index (κ2) is 5.74. The number of rotatable bonds is 5. The van der Waals surface area contributed by atoms with Crippen LogP contribution in [0.2, 0.25) is 0 Å². The number of ether oxygens (including phenoxy) is 1. The van der Waals surface area contributed by atoms with Gasteiger partial charge < -0.3 is 15.2 Å². The number of carbonyl (C=O) groups is 2. The van der Waals surface area contributed by atoms with Crippen molar-refractivity contribution in [3.63, 3.8) is 0 Å². The number of tetrazole rings is 1. The topological polar surface area (TPSA) is 130 Å². The van der Waals surface area contributed by atoms with Crippen LogP contribution in [0.3, 0.4) is 0 Å². The van der Waals surface area contributed by atoms with Gasteiger partial charge in [-0.2, -0.15) is 5.21 Å². The summed E-state index contributed by atoms with van der Waals surface area (Å²) in [5.74, 6) is -2.16. The quantitative estimate of drug-likeness (QED) is 0.663. The molecule has 0 spiro atoms. The number of hydrogen-bond acceptors (Lipinski definition) is 6. The van der Waals surface area contributed by atoms with E-state index in [-0.39, 0.29) is 5.82 Å². The van der Waals surface area contributed by atoms with Crippen LogP contribution >= 0.6 is 0 Å². The number of amides is 1. The smallest absolute Gasteiger partial charge is 0.328 e. The highest BCUT2D eigenvalue weighted by molar-refractivity contribution is 5.93. The third-order valence-corrected chi connectivity index (χ3v) is 2.11. The number of hydrogen-bond donors (Lipinski definition) is 3. The normalized spacial score (nSPS) is 14.7. The van der Waals surface area contributed by atoms with Crippen molar-refractivity contribution in [2.45, 2.75) is 45.4 Å². The minimum absolute atomic E-state index is 0.228. The van der Waals surface area contributed by atoms with Crippen molar-refractivity contribution in [1.82, 2.24) is 25.9 Å². The van der Waals surface area contributed by atoms with Crippen molar-refractivity contribution in [3.05, 3.63) is 5.82 Å². The van der Waals surface area contributed by atoms with Gasteiger partial charge in [-0.15, -0.1) is 10.2 Å². The minimum atomic E-state index is -1.20. The fraction of sp³-hybridized carbons (Fsp3) is 0.700. The van der Waals surface area contributed by atoms with Crippen LogP contribution in [0, 0.1) is 0 Å². The van der Waals surface area contributed by atoms with Gasteiger partial charge in [0.15, 0.2) is 6.04 Å². The lowest BCUT2D eigenvalue weighted by molar-refractivity contribution is -0.146. The van der Waals surface area contributed by atoms with Crippen LogP contribution in [0.5, 0.6) is 0 Å². The lowest BCUT2D eigenvalue weighted by atomic mass is 10.1. The first-order valence-electron chi connectivity index (χ1n) is 5.65. The van der Waals surface area contributed by atoms with Crippen molar-refractivity contribution in [2.75, 3.05) is 0 Å². The Kier molecular flexibility index (Phi) is 4.54. The van der Waals surface area contributed by atoms with E-state index in [0.717, 1.165) is 0 Å². The molecule has 9 heteroatoms. The van der Waals surface area contributed by atoms with E-state index in [4.69, 9.17) is 9.84 Å². The molecule has 0 bridgehead atoms. The number of carboxylic acid groups (broad SMARTS) is 1. The Morgan fingerprint density at radius 2 is 2.05 bits per heavy atom. The zero-order valence-corrected chi connectivity index (χ0v) is 11.2. The Labute approximate surface area is 109 Å². The predicted molar refractivity (Wildman–Crippen MR) is 63.4 cm³/mol. The maximum atomic E-state index is 11.7. The van der Waals surface area contributed by atoms with Gasteiger partial charge >= 0.3 is 5.97 Å². The van der Waals surface area contributed by atoms with Crippen LogP contribution in [-0.4, -0.2) is 55.4 Å². The van der Waals surface area contributed by atoms with E-state index in [1.54, 1.807) is 27.7 Å². The van der Waals surface area contributed by atoms with Crippen LogP contribution in [-0.2, 0) is 9.53 Å². The van der Waals surface area contributed by atoms with Crippen molar-refractivity contribution in [2.24, 2.45) is 0 Å². The Morgan fingerprint density at radius 3 is 2.47 bits per heavy atom. The molecular formula is C10H17N5O4. The first-order valence-corrected chi connectivity index (χ1v) is 5.65. The molecule has 1 heterocycles. The summed E-state index contributed by atoms with van der Waals surface area (Å²) in [5, 5.41) is 23.7. The molecule has 106 valence electrons. The summed E-state index contributed by atoms with van der Waals surface area (Å²) in [6.45, 7) is 6.96. The first-order chi connectivity index (χ1) is 8.70. The summed E-state index contributed by atoms with van der Waals surface area (Å²) in [6, 6.07) is -1.20. The predicted octanol–water partition coefficient (Wildman–Crippen LogP) is -0.414. The van der Waals surface area contributed by atoms with E-state index < -0.39 is 29.6 Å². The summed E-state index contributed by atoms with van der Waals surface area (Å²) >= 11 is 0. The van der Waals surface area contributed by atoms with E-state index in [9.17, 15) is 9.59 Å². The summed E-state index contributed by atoms with van der Waals surface area (Å²) in [5.41, 5.74) is -0.524. The molecule has 0 aliphatic carbocycles. The summed E-state index contributed by atoms with van der Waals surface area (Å²) in [7, 11) is 0. The zero-order valence-electron chi connectivity index (χ0n) is 11.2. The third-order valence-electron chi connectivity index (χ3n) is 2.11. The fourth-order valence-corrected chi connectivity index (χ4v) is 1.47. The summed E-state index contributed by atoms with van der Waals surface area (Å²) in [6.07, 6.45) is -0.714. The fourth-order valence-electron chi connectivity index (χ4n) is 1.47. The van der Waals surface area contributed by atoms with Gasteiger partial charge in [0.25, 0.3) is 11.7 Å². The maximum absolute atomic E-state index is 11.7. The molecule has 2 atom stereocenters. The molecule has 0 aliphatic rings. The van der Waals surface area contributed by atoms with Gasteiger partial charge in [-0.25, -0.2) is 4.79 Å². The molecule has 19 heavy (non-hydrogen) atoms. The Hall–Kier alpha value is -2.03. The van der Waals surface area contributed by atoms with Crippen LogP contribution in [0.15, 0.2) is 0 Å². The standard InChI is InChI=1S/C10H17N5O4/c1-5(19-10(2,3)4)6(9(17)18)11-8(16)7-12-14-15-13-7/h5-6H,1-4H3,(H,11,16)(H,17,18)(H,12,13,14,15)/t5-,6+/m1/s1. The lowest BCUT2D eigenvalue weighted by Gasteiger charge is -2.28. The van der Waals surface area contributed by atoms with Crippen LogP contribution in [0.4, 0.5) is 0 Å². The molecule has 3 N–H and O–H groups in total. The van der Waals surface area contributed by atoms with Gasteiger partial charge in [0.05, 0.1) is 11.7 Å². The molecule has 1 aromatic rings. The molecule has 1 aromatic heterocycles. The van der Waals surface area contributed by atoms with E-state index in [0.29, 0.717) is 0 Å². The van der Waals surface area contributed by atoms with E-state index in [1.807, 2.05) is 0 Å². The molecule has 0 saturated carbocycles. The molecule has 0 radical (unpaired) electrons. The Balaban J connectivity index is 2.73. The SMILES string of the molecule is C[C@@H](OC(C)(C)C)[C@H](NC(=O)c1nn[nH]n1)C(=O)O. The van der Waals surface area contributed by atoms with Gasteiger partial charge in [0.2, 0.25) is 0 Å². The second-order valence-corrected chi connectivity index (χ2v) is 4.96. The van der Waals surface area contributed by atoms with E-state index in [2.05, 4.69) is 25.9 Å². The van der Waals surface area contributed by atoms with E-state index >= 15 is 0 Å². The second-order valence-electron chi connectivity index (χ2n) is 4.96. The number of H-pyrrole nitrogens is 1. The number of nitrogens with one attached hydrogen (secondary N) is 2. The molecular weight excluding hydrogens is 254 g/mol. The highest BCUT2D eigenvalue weighted by Gasteiger charge is 2.31. The van der Waals surface area contributed by atoms with Gasteiger partial charge in [-0.3, -0.25) is 4.79 Å². The molecule has 0 fully saturated rings. The van der Waals surface area contributed by atoms with Crippen LogP contribution < -0.4 is 5.32 Å². The van der Waals surface area contributed by atoms with Crippen molar-refractivity contribution in [3.8, 4) is 0 Å². The molecule has 0 aliphatic heterocycles. The largest absolute Gasteiger partial charge is 0.480 e. The van der Waals surface area contributed by atoms with Crippen LogP contribution in [0.1, 0.15) is 38.3 Å². The van der Waals surface area contributed by atoms with Crippen molar-refractivity contribution >= 4 is 11.9 Å². The van der Waals surface area contributed by atoms with E-state index in [1.165, 1.54) is 0 Å². The number of carbonyl (C=O) groups excluding carboxylic acids is 1. The Morgan fingerprint density at radius 1 is 1.42 bits per heavy atom. The molecule has 0 unspecified atom stereocenters. The highest BCUT2D eigenvalue weighted by Crippen LogP contribution is 2.13. The van der Waals surface area contributed by atoms with Gasteiger partial charge in [0, 0.05) is 0 Å². The molecule has 0 saturated heterocycles. The molecule has 1 rings (SSSR count). The average Bonchev–Trinajstić information content (AvgIpc) is 2.75. The number of aliphatic carboxylic acids is 1. The van der Waals surface area contributed by atoms with Crippen molar-refractivity contribution < 1.29 is 19.4 Å². The van der Waals surface area contributed by atoms with Gasteiger partial charge in [-0.05, 0) is 32.9 Å². The zero-order chi connectivity index (χ0) is 14.6. The maximum Gasteiger partial charge on any atom is 0.328 e. The minimum Gasteiger partial charge on any atom is -0.480 e. The number of carboxylic acids is 1. The number of aromatic nitrogens is 4. The number of aromatic amines is 1. The lowest BCUT2D eigenvalue weighted by Crippen LogP contribution is -2.50. The average molecular weight is 271 g/mol. The summed E-state index contributed by atoms with van der Waals surface area (Å²) < 4.78 is 5.52. The summed E-state index contributed by atoms with van der Waals surface area (Å²) in [4.78, 5) is 22.8. The van der Waals surface area contributed by atoms with Gasteiger partial charge in [-0.1, -0.05) is 0 Å². The Bertz CT molecular complexity index is 439. The van der Waals surface area contributed by atoms with Gasteiger partial charge in [0.1, 0.15) is 0 Å².